The summed E-state index contributed by atoms with van der Waals surface area (Å²) in [5, 5.41) is 0. The number of hydrogen-bond acceptors (Lipinski definition) is 2. The Morgan fingerprint density at radius 1 is 0.485 bits per heavy atom. The average molecular weight is 467 g/mol. The van der Waals surface area contributed by atoms with Gasteiger partial charge in [0.05, 0.1) is 6.61 Å². The third kappa shape index (κ3) is 27.6. The lowest BCUT2D eigenvalue weighted by Gasteiger charge is -2.17. The first-order chi connectivity index (χ1) is 16.2. The van der Waals surface area contributed by atoms with Crippen LogP contribution in [0.4, 0.5) is 0 Å². The normalized spacial score (nSPS) is 12.2. The third-order valence-corrected chi connectivity index (χ3v) is 7.26. The van der Waals surface area contributed by atoms with Crippen LogP contribution in [0.15, 0.2) is 0 Å². The predicted molar refractivity (Wildman–Crippen MR) is 147 cm³/mol. The van der Waals surface area contributed by atoms with Crippen molar-refractivity contribution in [3.63, 3.8) is 0 Å². The molecule has 0 aromatic rings. The van der Waals surface area contributed by atoms with Crippen LogP contribution in [0.1, 0.15) is 181 Å². The van der Waals surface area contributed by atoms with Gasteiger partial charge in [-0.3, -0.25) is 4.79 Å². The number of esters is 1. The molecule has 33 heavy (non-hydrogen) atoms. The van der Waals surface area contributed by atoms with E-state index in [1.54, 1.807) is 0 Å². The Morgan fingerprint density at radius 2 is 0.788 bits per heavy atom. The topological polar surface area (TPSA) is 26.3 Å². The molecule has 0 bridgehead atoms. The lowest BCUT2D eigenvalue weighted by molar-refractivity contribution is -0.141. The van der Waals surface area contributed by atoms with Gasteiger partial charge in [0.25, 0.3) is 0 Å². The van der Waals surface area contributed by atoms with Gasteiger partial charge in [0, 0.05) is 6.92 Å². The highest BCUT2D eigenvalue weighted by atomic mass is 16.5. The third-order valence-electron chi connectivity index (χ3n) is 7.26. The fourth-order valence-electron chi connectivity index (χ4n) is 5.00. The monoisotopic (exact) mass is 466 g/mol. The summed E-state index contributed by atoms with van der Waals surface area (Å²) in [5.74, 6) is 0.625. The molecule has 0 heterocycles. The summed E-state index contributed by atoms with van der Waals surface area (Å²) < 4.78 is 5.25. The lowest BCUT2D eigenvalue weighted by atomic mass is 9.91. The first kappa shape index (κ1) is 32.5. The minimum Gasteiger partial charge on any atom is -0.466 e. The first-order valence-corrected chi connectivity index (χ1v) is 15.3. The number of hydrogen-bond donors (Lipinski definition) is 0. The molecule has 0 radical (unpaired) electrons. The van der Waals surface area contributed by atoms with Gasteiger partial charge in [-0.25, -0.2) is 0 Å². The van der Waals surface area contributed by atoms with Gasteiger partial charge in [0.1, 0.15) is 0 Å². The molecular formula is C31H62O2. The van der Waals surface area contributed by atoms with Gasteiger partial charge in [0.2, 0.25) is 0 Å². The van der Waals surface area contributed by atoms with E-state index in [1.165, 1.54) is 161 Å². The molecular weight excluding hydrogens is 404 g/mol. The summed E-state index contributed by atoms with van der Waals surface area (Å²) in [7, 11) is 0. The summed E-state index contributed by atoms with van der Waals surface area (Å²) in [4.78, 5) is 11.1. The first-order valence-electron chi connectivity index (χ1n) is 15.3. The molecule has 0 aliphatic rings. The van der Waals surface area contributed by atoms with E-state index < -0.39 is 0 Å². The highest BCUT2D eigenvalue weighted by Crippen LogP contribution is 2.22. The molecule has 198 valence electrons. The molecule has 2 heteroatoms. The van der Waals surface area contributed by atoms with Gasteiger partial charge in [0.15, 0.2) is 0 Å². The van der Waals surface area contributed by atoms with Crippen LogP contribution in [-0.2, 0) is 9.53 Å². The zero-order valence-electron chi connectivity index (χ0n) is 23.3. The van der Waals surface area contributed by atoms with E-state index >= 15 is 0 Å². The second-order valence-electron chi connectivity index (χ2n) is 10.6. The Kier molecular flexibility index (Phi) is 27.3. The highest BCUT2D eigenvalue weighted by molar-refractivity contribution is 5.65. The van der Waals surface area contributed by atoms with Gasteiger partial charge in [-0.05, 0) is 12.3 Å². The second kappa shape index (κ2) is 27.7. The largest absolute Gasteiger partial charge is 0.466 e. The highest BCUT2D eigenvalue weighted by Gasteiger charge is 2.09. The van der Waals surface area contributed by atoms with E-state index in [0.29, 0.717) is 6.61 Å². The zero-order chi connectivity index (χ0) is 24.2. The molecule has 1 unspecified atom stereocenters. The fraction of sp³-hybridized carbons (Fsp3) is 0.968. The smallest absolute Gasteiger partial charge is 0.302 e. The van der Waals surface area contributed by atoms with Gasteiger partial charge in [-0.15, -0.1) is 0 Å². The maximum absolute atomic E-state index is 11.1. The van der Waals surface area contributed by atoms with Crippen LogP contribution < -0.4 is 0 Å². The Bertz CT molecular complexity index is 379. The number of ether oxygens (including phenoxy) is 1. The van der Waals surface area contributed by atoms with E-state index in [-0.39, 0.29) is 5.97 Å². The van der Waals surface area contributed by atoms with Crippen LogP contribution in [0.5, 0.6) is 0 Å². The summed E-state index contributed by atoms with van der Waals surface area (Å²) in [6.07, 6.45) is 34.8. The van der Waals surface area contributed by atoms with Crippen LogP contribution in [0.2, 0.25) is 0 Å². The van der Waals surface area contributed by atoms with Crippen LogP contribution in [-0.4, -0.2) is 12.6 Å². The van der Waals surface area contributed by atoms with Crippen molar-refractivity contribution in [1.82, 2.24) is 0 Å². The van der Waals surface area contributed by atoms with Crippen molar-refractivity contribution >= 4 is 5.97 Å². The van der Waals surface area contributed by atoms with Gasteiger partial charge in [-0.1, -0.05) is 168 Å². The Labute approximate surface area is 209 Å². The van der Waals surface area contributed by atoms with Crippen molar-refractivity contribution in [2.24, 2.45) is 5.92 Å². The zero-order valence-corrected chi connectivity index (χ0v) is 23.3. The van der Waals surface area contributed by atoms with Crippen molar-refractivity contribution in [3.05, 3.63) is 0 Å². The number of carbonyl (C=O) groups excluding carboxylic acids is 1. The average Bonchev–Trinajstić information content (AvgIpc) is 2.80. The Morgan fingerprint density at radius 3 is 1.09 bits per heavy atom. The maximum Gasteiger partial charge on any atom is 0.302 e. The molecule has 0 saturated heterocycles. The van der Waals surface area contributed by atoms with Crippen molar-refractivity contribution in [2.45, 2.75) is 181 Å². The molecule has 0 saturated carbocycles. The molecule has 0 aromatic carbocycles. The molecule has 0 aromatic heterocycles. The van der Waals surface area contributed by atoms with E-state index in [9.17, 15) is 4.79 Å². The van der Waals surface area contributed by atoms with Gasteiger partial charge >= 0.3 is 5.97 Å². The molecule has 0 fully saturated rings. The summed E-state index contributed by atoms with van der Waals surface area (Å²) in [6.45, 7) is 6.73. The number of carbonyl (C=O) groups is 1. The Hall–Kier alpha value is -0.530. The van der Waals surface area contributed by atoms with Crippen molar-refractivity contribution in [2.75, 3.05) is 6.61 Å². The summed E-state index contributed by atoms with van der Waals surface area (Å²) in [6, 6.07) is 0. The molecule has 0 N–H and O–H groups in total. The quantitative estimate of drug-likeness (QED) is 0.0888. The van der Waals surface area contributed by atoms with E-state index in [0.717, 1.165) is 12.3 Å². The number of unbranched alkanes of at least 4 members (excludes halogenated alkanes) is 20. The molecule has 0 aliphatic carbocycles. The molecule has 0 spiro atoms. The lowest BCUT2D eigenvalue weighted by Crippen LogP contribution is -2.08. The van der Waals surface area contributed by atoms with E-state index in [2.05, 4.69) is 13.8 Å². The Balaban J connectivity index is 3.69. The van der Waals surface area contributed by atoms with Gasteiger partial charge < -0.3 is 4.74 Å². The van der Waals surface area contributed by atoms with Crippen LogP contribution in [0.25, 0.3) is 0 Å². The van der Waals surface area contributed by atoms with Crippen LogP contribution in [0.3, 0.4) is 0 Å². The molecule has 0 aliphatic heterocycles. The maximum atomic E-state index is 11.1. The molecule has 2 nitrogen and oxygen atoms in total. The summed E-state index contributed by atoms with van der Waals surface area (Å²) in [5.41, 5.74) is 0. The standard InChI is InChI=1S/C31H62O2/c1-4-6-8-10-12-14-16-17-19-21-23-25-27-31(28-29-33-30(3)32)26-24-22-20-18-15-13-11-9-7-5-2/h31H,4-29H2,1-3H3. The molecule has 0 rings (SSSR count). The van der Waals surface area contributed by atoms with Crippen molar-refractivity contribution < 1.29 is 9.53 Å². The van der Waals surface area contributed by atoms with Gasteiger partial charge in [-0.2, -0.15) is 0 Å². The van der Waals surface area contributed by atoms with E-state index in [4.69, 9.17) is 4.74 Å². The van der Waals surface area contributed by atoms with Crippen molar-refractivity contribution in [1.29, 1.82) is 0 Å². The second-order valence-corrected chi connectivity index (χ2v) is 10.6. The minimum atomic E-state index is -0.127. The SMILES string of the molecule is CCCCCCCCCCCCCCC(CCCCCCCCCCCC)CCOC(C)=O. The minimum absolute atomic E-state index is 0.127. The molecule has 0 amide bonds. The molecule has 1 atom stereocenters. The fourth-order valence-corrected chi connectivity index (χ4v) is 5.00. The predicted octanol–water partition coefficient (Wildman–Crippen LogP) is 11.0. The van der Waals surface area contributed by atoms with Crippen LogP contribution >= 0.6 is 0 Å². The van der Waals surface area contributed by atoms with Crippen LogP contribution in [0, 0.1) is 5.92 Å². The van der Waals surface area contributed by atoms with Crippen molar-refractivity contribution in [3.8, 4) is 0 Å². The summed E-state index contributed by atoms with van der Waals surface area (Å²) >= 11 is 0. The van der Waals surface area contributed by atoms with E-state index in [1.807, 2.05) is 0 Å². The number of rotatable bonds is 27.